The second kappa shape index (κ2) is 4.67. The number of hydrogen-bond acceptors (Lipinski definition) is 2. The molecule has 0 bridgehead atoms. The highest BCUT2D eigenvalue weighted by molar-refractivity contribution is 5.98. The molecule has 2 rings (SSSR count). The van der Waals surface area contributed by atoms with Crippen molar-refractivity contribution in [3.63, 3.8) is 0 Å². The summed E-state index contributed by atoms with van der Waals surface area (Å²) in [6.07, 6.45) is 5.78. The molecule has 96 valence electrons. The van der Waals surface area contributed by atoms with E-state index < -0.39 is 5.54 Å². The molecule has 1 aliphatic heterocycles. The molecule has 2 amide bonds. The Balaban J connectivity index is 2.21. The lowest BCUT2D eigenvalue weighted by molar-refractivity contribution is -0.153. The fourth-order valence-corrected chi connectivity index (χ4v) is 2.93. The number of piperazine rings is 1. The van der Waals surface area contributed by atoms with Crippen molar-refractivity contribution in [1.82, 2.24) is 10.2 Å². The van der Waals surface area contributed by atoms with Crippen LogP contribution in [-0.2, 0) is 9.59 Å². The molecule has 1 heterocycles. The van der Waals surface area contributed by atoms with E-state index in [1.807, 2.05) is 6.92 Å². The highest BCUT2D eigenvalue weighted by Gasteiger charge is 2.47. The van der Waals surface area contributed by atoms with Crippen molar-refractivity contribution in [3.8, 4) is 0 Å². The van der Waals surface area contributed by atoms with Crippen LogP contribution in [0.1, 0.15) is 52.4 Å². The topological polar surface area (TPSA) is 49.4 Å². The van der Waals surface area contributed by atoms with Crippen molar-refractivity contribution >= 4 is 11.8 Å². The first-order chi connectivity index (χ1) is 8.09. The minimum atomic E-state index is -0.572. The van der Waals surface area contributed by atoms with Crippen LogP contribution in [0.3, 0.4) is 0 Å². The van der Waals surface area contributed by atoms with E-state index in [9.17, 15) is 9.59 Å². The number of nitrogens with zero attached hydrogens (tertiary/aromatic N) is 1. The van der Waals surface area contributed by atoms with E-state index in [-0.39, 0.29) is 24.4 Å². The Hall–Kier alpha value is -1.06. The third-order valence-electron chi connectivity index (χ3n) is 4.19. The summed E-state index contributed by atoms with van der Waals surface area (Å²) >= 11 is 0. The largest absolute Gasteiger partial charge is 0.340 e. The number of amides is 2. The van der Waals surface area contributed by atoms with Crippen LogP contribution in [0.25, 0.3) is 0 Å². The second-order valence-electron chi connectivity index (χ2n) is 5.38. The van der Waals surface area contributed by atoms with E-state index in [0.29, 0.717) is 0 Å². The van der Waals surface area contributed by atoms with Gasteiger partial charge in [-0.1, -0.05) is 26.2 Å². The fraction of sp³-hybridized carbons (Fsp3) is 0.846. The summed E-state index contributed by atoms with van der Waals surface area (Å²) < 4.78 is 0. The molecule has 2 aliphatic rings. The van der Waals surface area contributed by atoms with Gasteiger partial charge in [0.1, 0.15) is 5.54 Å². The second-order valence-corrected chi connectivity index (χ2v) is 5.38. The number of carbonyl (C=O) groups is 2. The fourth-order valence-electron chi connectivity index (χ4n) is 2.93. The maximum absolute atomic E-state index is 12.6. The average Bonchev–Trinajstić information content (AvgIpc) is 2.34. The first-order valence-electron chi connectivity index (χ1n) is 6.71. The Morgan fingerprint density at radius 1 is 1.29 bits per heavy atom. The molecule has 0 aromatic rings. The van der Waals surface area contributed by atoms with Gasteiger partial charge in [-0.3, -0.25) is 9.59 Å². The molecule has 2 fully saturated rings. The summed E-state index contributed by atoms with van der Waals surface area (Å²) in [5.41, 5.74) is -0.572. The summed E-state index contributed by atoms with van der Waals surface area (Å²) in [5, 5.41) is 2.96. The molecule has 0 aromatic heterocycles. The van der Waals surface area contributed by atoms with Crippen LogP contribution in [0.15, 0.2) is 0 Å². The molecule has 0 aromatic carbocycles. The van der Waals surface area contributed by atoms with E-state index >= 15 is 0 Å². The van der Waals surface area contributed by atoms with E-state index in [1.165, 1.54) is 6.42 Å². The lowest BCUT2D eigenvalue weighted by atomic mass is 9.79. The normalized spacial score (nSPS) is 25.9. The van der Waals surface area contributed by atoms with Gasteiger partial charge in [0.25, 0.3) is 0 Å². The molecule has 1 atom stereocenters. The number of carbonyl (C=O) groups excluding carboxylic acids is 2. The molecular weight excluding hydrogens is 216 g/mol. The van der Waals surface area contributed by atoms with E-state index in [4.69, 9.17) is 0 Å². The van der Waals surface area contributed by atoms with Gasteiger partial charge >= 0.3 is 0 Å². The van der Waals surface area contributed by atoms with Crippen molar-refractivity contribution in [3.05, 3.63) is 0 Å². The van der Waals surface area contributed by atoms with Crippen molar-refractivity contribution in [1.29, 1.82) is 0 Å². The van der Waals surface area contributed by atoms with E-state index in [0.717, 1.165) is 32.1 Å². The van der Waals surface area contributed by atoms with Gasteiger partial charge in [0.2, 0.25) is 11.8 Å². The van der Waals surface area contributed by atoms with Crippen molar-refractivity contribution < 1.29 is 9.59 Å². The zero-order valence-corrected chi connectivity index (χ0v) is 10.8. The maximum atomic E-state index is 12.6. The van der Waals surface area contributed by atoms with Crippen LogP contribution in [0.5, 0.6) is 0 Å². The van der Waals surface area contributed by atoms with Crippen LogP contribution in [0.4, 0.5) is 0 Å². The maximum Gasteiger partial charge on any atom is 0.249 e. The predicted molar refractivity (Wildman–Crippen MR) is 65.4 cm³/mol. The lowest BCUT2D eigenvalue weighted by Gasteiger charge is -2.45. The average molecular weight is 238 g/mol. The van der Waals surface area contributed by atoms with Gasteiger partial charge in [-0.25, -0.2) is 0 Å². The summed E-state index contributed by atoms with van der Waals surface area (Å²) in [6, 6.07) is 0.160. The highest BCUT2D eigenvalue weighted by Crippen LogP contribution is 2.32. The molecule has 1 N–H and O–H groups in total. The molecule has 4 nitrogen and oxygen atoms in total. The molecule has 1 saturated carbocycles. The van der Waals surface area contributed by atoms with Gasteiger partial charge in [-0.05, 0) is 26.2 Å². The zero-order valence-electron chi connectivity index (χ0n) is 10.8. The zero-order chi connectivity index (χ0) is 12.5. The van der Waals surface area contributed by atoms with Crippen molar-refractivity contribution in [2.75, 3.05) is 6.54 Å². The van der Waals surface area contributed by atoms with Gasteiger partial charge in [0, 0.05) is 6.04 Å². The molecule has 1 saturated heterocycles. The molecule has 4 heteroatoms. The summed E-state index contributed by atoms with van der Waals surface area (Å²) in [5.74, 6) is 0.151. The summed E-state index contributed by atoms with van der Waals surface area (Å²) in [7, 11) is 0. The smallest absolute Gasteiger partial charge is 0.249 e. The predicted octanol–water partition coefficient (Wildman–Crippen LogP) is 1.45. The summed E-state index contributed by atoms with van der Waals surface area (Å²) in [4.78, 5) is 26.1. The summed E-state index contributed by atoms with van der Waals surface area (Å²) in [6.45, 7) is 4.31. The third-order valence-corrected chi connectivity index (χ3v) is 4.19. The Morgan fingerprint density at radius 3 is 2.53 bits per heavy atom. The van der Waals surface area contributed by atoms with Gasteiger partial charge in [-0.2, -0.15) is 0 Å². The highest BCUT2D eigenvalue weighted by atomic mass is 16.2. The van der Waals surface area contributed by atoms with E-state index in [1.54, 1.807) is 4.90 Å². The van der Waals surface area contributed by atoms with Crippen LogP contribution in [0.2, 0.25) is 0 Å². The van der Waals surface area contributed by atoms with Crippen LogP contribution >= 0.6 is 0 Å². The van der Waals surface area contributed by atoms with Crippen LogP contribution < -0.4 is 5.32 Å². The molecule has 0 radical (unpaired) electrons. The van der Waals surface area contributed by atoms with Gasteiger partial charge < -0.3 is 10.2 Å². The van der Waals surface area contributed by atoms with Gasteiger partial charge in [0.05, 0.1) is 6.54 Å². The minimum Gasteiger partial charge on any atom is -0.340 e. The minimum absolute atomic E-state index is 0.00630. The van der Waals surface area contributed by atoms with Crippen molar-refractivity contribution in [2.24, 2.45) is 0 Å². The Labute approximate surface area is 103 Å². The Kier molecular flexibility index (Phi) is 3.40. The lowest BCUT2D eigenvalue weighted by Crippen LogP contribution is -2.68. The Morgan fingerprint density at radius 2 is 1.94 bits per heavy atom. The monoisotopic (exact) mass is 238 g/mol. The Bertz CT molecular complexity index is 321. The quantitative estimate of drug-likeness (QED) is 0.791. The molecule has 17 heavy (non-hydrogen) atoms. The number of rotatable bonds is 2. The first kappa shape index (κ1) is 12.4. The standard InChI is InChI=1S/C13H22N2O2/c1-3-10(2)15-9-11(16)14-13(12(15)17)7-5-4-6-8-13/h10H,3-9H2,1-2H3,(H,14,16). The van der Waals surface area contributed by atoms with Gasteiger partial charge in [0.15, 0.2) is 0 Å². The number of hydrogen-bond donors (Lipinski definition) is 1. The van der Waals surface area contributed by atoms with Crippen molar-refractivity contribution in [2.45, 2.75) is 64.0 Å². The van der Waals surface area contributed by atoms with E-state index in [2.05, 4.69) is 12.2 Å². The first-order valence-corrected chi connectivity index (χ1v) is 6.71. The third kappa shape index (κ3) is 2.17. The molecule has 1 aliphatic carbocycles. The molecule has 1 spiro atoms. The SMILES string of the molecule is CCC(C)N1CC(=O)NC2(CCCCC2)C1=O. The number of nitrogens with one attached hydrogen (secondary N) is 1. The van der Waals surface area contributed by atoms with Crippen LogP contribution in [0, 0.1) is 0 Å². The molecule has 1 unspecified atom stereocenters. The van der Waals surface area contributed by atoms with Crippen LogP contribution in [-0.4, -0.2) is 34.8 Å². The van der Waals surface area contributed by atoms with Gasteiger partial charge in [-0.15, -0.1) is 0 Å². The molecular formula is C13H22N2O2.